The fourth-order valence-electron chi connectivity index (χ4n) is 2.47. The van der Waals surface area contributed by atoms with E-state index in [1.165, 1.54) is 0 Å². The third kappa shape index (κ3) is 5.18. The van der Waals surface area contributed by atoms with Gasteiger partial charge in [-0.25, -0.2) is 0 Å². The van der Waals surface area contributed by atoms with Crippen LogP contribution in [0.2, 0.25) is 0 Å². The maximum absolute atomic E-state index is 10.00. The minimum atomic E-state index is -0.433. The van der Waals surface area contributed by atoms with Crippen LogP contribution < -0.4 is 0 Å². The van der Waals surface area contributed by atoms with Crippen molar-refractivity contribution in [2.24, 2.45) is 0 Å². The molecular formula is C14H23NO3S. The number of aliphatic hydroxyl groups excluding tert-OH is 1. The van der Waals surface area contributed by atoms with Gasteiger partial charge in [0.1, 0.15) is 12.4 Å². The fourth-order valence-corrected chi connectivity index (χ4v) is 3.86. The van der Waals surface area contributed by atoms with E-state index in [0.29, 0.717) is 30.3 Å². The van der Waals surface area contributed by atoms with Crippen LogP contribution in [-0.2, 0) is 11.3 Å². The van der Waals surface area contributed by atoms with Crippen molar-refractivity contribution in [3.05, 3.63) is 24.2 Å². The van der Waals surface area contributed by atoms with Crippen molar-refractivity contribution >= 4 is 11.8 Å². The maximum Gasteiger partial charge on any atom is 0.129 e. The first kappa shape index (κ1) is 14.9. The van der Waals surface area contributed by atoms with Crippen LogP contribution >= 0.6 is 11.8 Å². The number of nitrogens with zero attached hydrogens (tertiary/aromatic N) is 1. The van der Waals surface area contributed by atoms with Crippen molar-refractivity contribution in [2.75, 3.05) is 26.2 Å². The molecule has 2 heterocycles. The number of aliphatic hydroxyl groups is 1. The van der Waals surface area contributed by atoms with Crippen LogP contribution in [0.4, 0.5) is 0 Å². The van der Waals surface area contributed by atoms with Crippen molar-refractivity contribution in [1.82, 2.24) is 4.90 Å². The van der Waals surface area contributed by atoms with Crippen LogP contribution in [0.25, 0.3) is 0 Å². The normalized spacial score (nSPS) is 26.5. The van der Waals surface area contributed by atoms with E-state index in [9.17, 15) is 5.11 Å². The lowest BCUT2D eigenvalue weighted by Gasteiger charge is -2.35. The Kier molecular flexibility index (Phi) is 5.76. The van der Waals surface area contributed by atoms with Crippen molar-refractivity contribution in [3.8, 4) is 0 Å². The molecule has 0 saturated carbocycles. The van der Waals surface area contributed by atoms with Gasteiger partial charge in [0.15, 0.2) is 0 Å². The third-order valence-electron chi connectivity index (χ3n) is 3.10. The number of ether oxygens (including phenoxy) is 1. The molecule has 0 radical (unpaired) electrons. The van der Waals surface area contributed by atoms with Crippen LogP contribution in [0.15, 0.2) is 22.8 Å². The summed E-state index contributed by atoms with van der Waals surface area (Å²) in [5, 5.41) is 11.3. The zero-order valence-corrected chi connectivity index (χ0v) is 12.4. The van der Waals surface area contributed by atoms with E-state index in [-0.39, 0.29) is 0 Å². The second kappa shape index (κ2) is 7.33. The average molecular weight is 285 g/mol. The molecule has 0 spiro atoms. The van der Waals surface area contributed by atoms with E-state index in [0.717, 1.165) is 18.8 Å². The largest absolute Gasteiger partial charge is 0.467 e. The lowest BCUT2D eigenvalue weighted by atomic mass is 10.2. The number of rotatable bonds is 6. The highest BCUT2D eigenvalue weighted by molar-refractivity contribution is 8.00. The topological polar surface area (TPSA) is 45.8 Å². The van der Waals surface area contributed by atoms with Gasteiger partial charge in [-0.2, -0.15) is 11.8 Å². The fraction of sp³-hybridized carbons (Fsp3) is 0.714. The summed E-state index contributed by atoms with van der Waals surface area (Å²) < 4.78 is 10.6. The smallest absolute Gasteiger partial charge is 0.129 e. The minimum Gasteiger partial charge on any atom is -0.467 e. The molecule has 3 atom stereocenters. The van der Waals surface area contributed by atoms with Gasteiger partial charge in [-0.05, 0) is 12.1 Å². The molecule has 2 rings (SSSR count). The molecular weight excluding hydrogens is 262 g/mol. The van der Waals surface area contributed by atoms with Gasteiger partial charge in [0.25, 0.3) is 0 Å². The molecule has 0 amide bonds. The lowest BCUT2D eigenvalue weighted by molar-refractivity contribution is 0.00495. The van der Waals surface area contributed by atoms with Gasteiger partial charge >= 0.3 is 0 Å². The molecule has 4 nitrogen and oxygen atoms in total. The monoisotopic (exact) mass is 285 g/mol. The molecule has 1 aromatic rings. The Bertz CT molecular complexity index is 348. The van der Waals surface area contributed by atoms with Gasteiger partial charge < -0.3 is 14.3 Å². The first-order valence-electron chi connectivity index (χ1n) is 6.79. The molecule has 1 aliphatic heterocycles. The highest BCUT2D eigenvalue weighted by Gasteiger charge is 2.23. The second-order valence-corrected chi connectivity index (χ2v) is 7.11. The highest BCUT2D eigenvalue weighted by atomic mass is 32.2. The summed E-state index contributed by atoms with van der Waals surface area (Å²) in [5.41, 5.74) is 0. The molecule has 0 aliphatic carbocycles. The number of hydrogen-bond donors (Lipinski definition) is 1. The van der Waals surface area contributed by atoms with Gasteiger partial charge in [-0.15, -0.1) is 0 Å². The van der Waals surface area contributed by atoms with E-state index in [4.69, 9.17) is 9.15 Å². The number of thioether (sulfide) groups is 1. The predicted molar refractivity (Wildman–Crippen MR) is 77.3 cm³/mol. The van der Waals surface area contributed by atoms with Crippen molar-refractivity contribution < 1.29 is 14.3 Å². The Balaban J connectivity index is 1.64. The number of hydrogen-bond acceptors (Lipinski definition) is 5. The molecule has 0 aromatic carbocycles. The standard InChI is InChI=1S/C14H23NO3S/c1-11-6-15(7-12(2)19-11)8-13(16)9-17-10-14-4-3-5-18-14/h3-5,11-13,16H,6-10H2,1-2H3. The molecule has 5 heteroatoms. The van der Waals surface area contributed by atoms with Gasteiger partial charge in [0.05, 0.1) is 19.0 Å². The summed E-state index contributed by atoms with van der Waals surface area (Å²) in [7, 11) is 0. The Morgan fingerprint density at radius 3 is 2.84 bits per heavy atom. The first-order valence-corrected chi connectivity index (χ1v) is 7.73. The van der Waals surface area contributed by atoms with Gasteiger partial charge in [0.2, 0.25) is 0 Å². The number of furan rings is 1. The summed E-state index contributed by atoms with van der Waals surface area (Å²) >= 11 is 2.02. The van der Waals surface area contributed by atoms with Crippen molar-refractivity contribution in [1.29, 1.82) is 0 Å². The summed E-state index contributed by atoms with van der Waals surface area (Å²) in [4.78, 5) is 2.33. The van der Waals surface area contributed by atoms with E-state index in [1.807, 2.05) is 23.9 Å². The number of β-amino-alcohol motifs (C(OH)–C–C–N with tert-alkyl or cyclic N) is 1. The maximum atomic E-state index is 10.00. The van der Waals surface area contributed by atoms with Crippen molar-refractivity contribution in [3.63, 3.8) is 0 Å². The zero-order valence-electron chi connectivity index (χ0n) is 11.6. The van der Waals surface area contributed by atoms with Crippen LogP contribution in [0.3, 0.4) is 0 Å². The molecule has 0 bridgehead atoms. The Morgan fingerprint density at radius 1 is 1.47 bits per heavy atom. The SMILES string of the molecule is CC1CN(CC(O)COCc2ccco2)CC(C)S1. The van der Waals surface area contributed by atoms with Gasteiger partial charge in [0, 0.05) is 30.1 Å². The molecule has 1 saturated heterocycles. The quantitative estimate of drug-likeness (QED) is 0.866. The van der Waals surface area contributed by atoms with E-state index in [1.54, 1.807) is 6.26 Å². The highest BCUT2D eigenvalue weighted by Crippen LogP contribution is 2.24. The van der Waals surface area contributed by atoms with Crippen LogP contribution in [-0.4, -0.2) is 52.9 Å². The Hall–Kier alpha value is -0.490. The third-order valence-corrected chi connectivity index (χ3v) is 4.33. The second-order valence-electron chi connectivity index (χ2n) is 5.22. The summed E-state index contributed by atoms with van der Waals surface area (Å²) in [5.74, 6) is 0.795. The summed E-state index contributed by atoms with van der Waals surface area (Å²) in [6.45, 7) is 8.04. The van der Waals surface area contributed by atoms with Crippen LogP contribution in [0.5, 0.6) is 0 Å². The van der Waals surface area contributed by atoms with Gasteiger partial charge in [-0.1, -0.05) is 13.8 Å². The van der Waals surface area contributed by atoms with Crippen LogP contribution in [0, 0.1) is 0 Å². The molecule has 19 heavy (non-hydrogen) atoms. The summed E-state index contributed by atoms with van der Waals surface area (Å²) in [6.07, 6.45) is 1.20. The van der Waals surface area contributed by atoms with E-state index >= 15 is 0 Å². The molecule has 3 unspecified atom stereocenters. The lowest BCUT2D eigenvalue weighted by Crippen LogP contribution is -2.44. The average Bonchev–Trinajstić information content (AvgIpc) is 2.80. The Morgan fingerprint density at radius 2 is 2.21 bits per heavy atom. The molecule has 108 valence electrons. The molecule has 1 N–H and O–H groups in total. The summed E-state index contributed by atoms with van der Waals surface area (Å²) in [6, 6.07) is 3.71. The zero-order chi connectivity index (χ0) is 13.7. The molecule has 1 fully saturated rings. The Labute approximate surface area is 119 Å². The predicted octanol–water partition coefficient (Wildman–Crippen LogP) is 1.98. The van der Waals surface area contributed by atoms with E-state index < -0.39 is 6.10 Å². The van der Waals surface area contributed by atoms with Gasteiger partial charge in [-0.3, -0.25) is 4.90 Å². The van der Waals surface area contributed by atoms with Crippen molar-refractivity contribution in [2.45, 2.75) is 37.1 Å². The molecule has 1 aromatic heterocycles. The van der Waals surface area contributed by atoms with E-state index in [2.05, 4.69) is 18.7 Å². The molecule has 1 aliphatic rings. The minimum absolute atomic E-state index is 0.354. The van der Waals surface area contributed by atoms with Crippen LogP contribution in [0.1, 0.15) is 19.6 Å². The first-order chi connectivity index (χ1) is 9.13.